The van der Waals surface area contributed by atoms with Crippen LogP contribution in [0.5, 0.6) is 5.75 Å². The molecule has 0 aromatic heterocycles. The molecule has 0 spiro atoms. The summed E-state index contributed by atoms with van der Waals surface area (Å²) in [5.74, 6) is 0.867. The minimum absolute atomic E-state index is 0.727. The molecular weight excluding hydrogens is 224 g/mol. The van der Waals surface area contributed by atoms with E-state index in [1.807, 2.05) is 43.3 Å². The number of benzene rings is 2. The van der Waals surface area contributed by atoms with Gasteiger partial charge in [-0.2, -0.15) is 0 Å². The first kappa shape index (κ1) is 12.3. The van der Waals surface area contributed by atoms with Gasteiger partial charge in [-0.05, 0) is 42.3 Å². The van der Waals surface area contributed by atoms with Crippen LogP contribution in [0.2, 0.25) is 0 Å². The summed E-state index contributed by atoms with van der Waals surface area (Å²) in [5.41, 5.74) is 10.0. The van der Waals surface area contributed by atoms with Crippen LogP contribution in [-0.4, -0.2) is 7.11 Å². The van der Waals surface area contributed by atoms with Crippen LogP contribution < -0.4 is 15.8 Å². The van der Waals surface area contributed by atoms with E-state index in [9.17, 15) is 0 Å². The largest absolute Gasteiger partial charge is 0.497 e. The van der Waals surface area contributed by atoms with Crippen molar-refractivity contribution < 1.29 is 4.74 Å². The minimum atomic E-state index is 0.727. The van der Waals surface area contributed by atoms with E-state index in [4.69, 9.17) is 10.5 Å². The van der Waals surface area contributed by atoms with E-state index >= 15 is 0 Å². The van der Waals surface area contributed by atoms with Crippen molar-refractivity contribution in [3.8, 4) is 5.75 Å². The lowest BCUT2D eigenvalue weighted by Crippen LogP contribution is -2.02. The van der Waals surface area contributed by atoms with E-state index < -0.39 is 0 Å². The van der Waals surface area contributed by atoms with Gasteiger partial charge in [-0.25, -0.2) is 0 Å². The van der Waals surface area contributed by atoms with Crippen LogP contribution in [-0.2, 0) is 6.54 Å². The predicted octanol–water partition coefficient (Wildman–Crippen LogP) is 3.20. The Labute approximate surface area is 108 Å². The van der Waals surface area contributed by atoms with Gasteiger partial charge in [0.2, 0.25) is 0 Å². The van der Waals surface area contributed by atoms with E-state index in [0.717, 1.165) is 29.2 Å². The molecule has 3 nitrogen and oxygen atoms in total. The van der Waals surface area contributed by atoms with Crippen LogP contribution >= 0.6 is 0 Å². The third-order valence-electron chi connectivity index (χ3n) is 2.82. The van der Waals surface area contributed by atoms with Crippen LogP contribution in [0.1, 0.15) is 11.1 Å². The highest BCUT2D eigenvalue weighted by Gasteiger charge is 2.00. The van der Waals surface area contributed by atoms with Crippen molar-refractivity contribution in [1.82, 2.24) is 0 Å². The Kier molecular flexibility index (Phi) is 3.72. The zero-order valence-electron chi connectivity index (χ0n) is 10.7. The van der Waals surface area contributed by atoms with Crippen LogP contribution in [0.25, 0.3) is 0 Å². The molecule has 0 bridgehead atoms. The molecule has 0 saturated carbocycles. The molecule has 0 saturated heterocycles. The smallest absolute Gasteiger partial charge is 0.119 e. The minimum Gasteiger partial charge on any atom is -0.497 e. The first-order chi connectivity index (χ1) is 8.69. The number of nitrogen functional groups attached to an aromatic ring is 1. The predicted molar refractivity (Wildman–Crippen MR) is 75.9 cm³/mol. The first-order valence-corrected chi connectivity index (χ1v) is 5.92. The number of ether oxygens (including phenoxy) is 1. The average molecular weight is 242 g/mol. The molecule has 0 heterocycles. The van der Waals surface area contributed by atoms with Gasteiger partial charge >= 0.3 is 0 Å². The number of rotatable bonds is 4. The summed E-state index contributed by atoms with van der Waals surface area (Å²) >= 11 is 0. The first-order valence-electron chi connectivity index (χ1n) is 5.92. The maximum Gasteiger partial charge on any atom is 0.119 e. The van der Waals surface area contributed by atoms with Crippen molar-refractivity contribution in [3.05, 3.63) is 53.6 Å². The van der Waals surface area contributed by atoms with Crippen molar-refractivity contribution in [2.75, 3.05) is 18.2 Å². The third kappa shape index (κ3) is 2.94. The second kappa shape index (κ2) is 5.45. The number of hydrogen-bond donors (Lipinski definition) is 2. The monoisotopic (exact) mass is 242 g/mol. The van der Waals surface area contributed by atoms with Gasteiger partial charge in [0.05, 0.1) is 18.5 Å². The molecule has 0 amide bonds. The molecule has 0 aliphatic carbocycles. The highest BCUT2D eigenvalue weighted by molar-refractivity contribution is 5.66. The van der Waals surface area contributed by atoms with E-state index in [1.54, 1.807) is 7.11 Å². The Hall–Kier alpha value is -2.16. The fourth-order valence-electron chi connectivity index (χ4n) is 1.82. The lowest BCUT2D eigenvalue weighted by Gasteiger charge is -2.10. The summed E-state index contributed by atoms with van der Waals surface area (Å²) in [4.78, 5) is 0. The van der Waals surface area contributed by atoms with Gasteiger partial charge in [0.1, 0.15) is 5.75 Å². The van der Waals surface area contributed by atoms with E-state index in [0.29, 0.717) is 0 Å². The van der Waals surface area contributed by atoms with Crippen molar-refractivity contribution >= 4 is 11.4 Å². The molecule has 0 unspecified atom stereocenters. The topological polar surface area (TPSA) is 47.3 Å². The fraction of sp³-hybridized carbons (Fsp3) is 0.200. The third-order valence-corrected chi connectivity index (χ3v) is 2.82. The molecule has 3 heteroatoms. The molecular formula is C15H18N2O. The van der Waals surface area contributed by atoms with Gasteiger partial charge in [0.25, 0.3) is 0 Å². The van der Waals surface area contributed by atoms with Crippen molar-refractivity contribution in [2.45, 2.75) is 13.5 Å². The SMILES string of the molecule is COc1cccc(CNc2ccc(C)cc2N)c1. The van der Waals surface area contributed by atoms with Crippen molar-refractivity contribution in [2.24, 2.45) is 0 Å². The van der Waals surface area contributed by atoms with Crippen LogP contribution in [0.4, 0.5) is 11.4 Å². The van der Waals surface area contributed by atoms with Gasteiger partial charge in [0, 0.05) is 6.54 Å². The maximum atomic E-state index is 5.95. The second-order valence-electron chi connectivity index (χ2n) is 4.30. The highest BCUT2D eigenvalue weighted by atomic mass is 16.5. The highest BCUT2D eigenvalue weighted by Crippen LogP contribution is 2.21. The van der Waals surface area contributed by atoms with Gasteiger partial charge < -0.3 is 15.8 Å². The Bertz CT molecular complexity index is 538. The molecule has 18 heavy (non-hydrogen) atoms. The Morgan fingerprint density at radius 1 is 1.17 bits per heavy atom. The second-order valence-corrected chi connectivity index (χ2v) is 4.30. The van der Waals surface area contributed by atoms with Gasteiger partial charge in [-0.15, -0.1) is 0 Å². The summed E-state index contributed by atoms with van der Waals surface area (Å²) in [7, 11) is 1.67. The molecule has 94 valence electrons. The Balaban J connectivity index is 2.06. The summed E-state index contributed by atoms with van der Waals surface area (Å²) in [6.45, 7) is 2.76. The molecule has 0 radical (unpaired) electrons. The van der Waals surface area contributed by atoms with Crippen molar-refractivity contribution in [1.29, 1.82) is 0 Å². The fourth-order valence-corrected chi connectivity index (χ4v) is 1.82. The molecule has 0 aliphatic rings. The molecule has 0 atom stereocenters. The average Bonchev–Trinajstić information content (AvgIpc) is 2.38. The van der Waals surface area contributed by atoms with Crippen molar-refractivity contribution in [3.63, 3.8) is 0 Å². The Morgan fingerprint density at radius 3 is 2.72 bits per heavy atom. The number of methoxy groups -OCH3 is 1. The normalized spacial score (nSPS) is 10.1. The quantitative estimate of drug-likeness (QED) is 0.809. The zero-order chi connectivity index (χ0) is 13.0. The number of nitrogens with one attached hydrogen (secondary N) is 1. The van der Waals surface area contributed by atoms with Gasteiger partial charge in [-0.1, -0.05) is 18.2 Å². The van der Waals surface area contributed by atoms with Gasteiger partial charge in [0.15, 0.2) is 0 Å². The molecule has 2 rings (SSSR count). The summed E-state index contributed by atoms with van der Waals surface area (Å²) < 4.78 is 5.19. The summed E-state index contributed by atoms with van der Waals surface area (Å²) in [6.07, 6.45) is 0. The van der Waals surface area contributed by atoms with Crippen LogP contribution in [0.3, 0.4) is 0 Å². The van der Waals surface area contributed by atoms with Crippen LogP contribution in [0.15, 0.2) is 42.5 Å². The van der Waals surface area contributed by atoms with E-state index in [2.05, 4.69) is 11.4 Å². The lowest BCUT2D eigenvalue weighted by atomic mass is 10.1. The van der Waals surface area contributed by atoms with Gasteiger partial charge in [-0.3, -0.25) is 0 Å². The number of aryl methyl sites for hydroxylation is 1. The van der Waals surface area contributed by atoms with E-state index in [-0.39, 0.29) is 0 Å². The number of anilines is 2. The molecule has 2 aromatic carbocycles. The number of nitrogens with two attached hydrogens (primary N) is 1. The summed E-state index contributed by atoms with van der Waals surface area (Å²) in [6, 6.07) is 14.0. The lowest BCUT2D eigenvalue weighted by molar-refractivity contribution is 0.414. The standard InChI is InChI=1S/C15H18N2O/c1-11-6-7-15(14(16)8-11)17-10-12-4-3-5-13(9-12)18-2/h3-9,17H,10,16H2,1-2H3. The molecule has 0 aliphatic heterocycles. The Morgan fingerprint density at radius 2 is 2.00 bits per heavy atom. The number of hydrogen-bond acceptors (Lipinski definition) is 3. The molecule has 3 N–H and O–H groups in total. The zero-order valence-corrected chi connectivity index (χ0v) is 10.7. The van der Waals surface area contributed by atoms with Crippen LogP contribution in [0, 0.1) is 6.92 Å². The summed E-state index contributed by atoms with van der Waals surface area (Å²) in [5, 5.41) is 3.33. The van der Waals surface area contributed by atoms with E-state index in [1.165, 1.54) is 5.56 Å². The molecule has 2 aromatic rings. The maximum absolute atomic E-state index is 5.95. The molecule has 0 fully saturated rings.